The van der Waals surface area contributed by atoms with Gasteiger partial charge in [-0.3, -0.25) is 0 Å². The second kappa shape index (κ2) is 6.84. The van der Waals surface area contributed by atoms with Gasteiger partial charge in [0.25, 0.3) is 0 Å². The highest BCUT2D eigenvalue weighted by atomic mass is 16.5. The average Bonchev–Trinajstić information content (AvgIpc) is 2.52. The van der Waals surface area contributed by atoms with Crippen LogP contribution in [-0.2, 0) is 16.0 Å². The van der Waals surface area contributed by atoms with Gasteiger partial charge in [0, 0.05) is 6.42 Å². The fourth-order valence-electron chi connectivity index (χ4n) is 2.36. The number of methoxy groups -OCH3 is 1. The second-order valence-corrected chi connectivity index (χ2v) is 4.89. The molecule has 3 heteroatoms. The Kier molecular flexibility index (Phi) is 4.88. The largest absolute Gasteiger partial charge is 0.465 e. The van der Waals surface area contributed by atoms with Crippen molar-refractivity contribution in [3.05, 3.63) is 59.2 Å². The summed E-state index contributed by atoms with van der Waals surface area (Å²) in [5, 5.41) is 0. The highest BCUT2D eigenvalue weighted by molar-refractivity contribution is 5.97. The second-order valence-electron chi connectivity index (χ2n) is 4.89. The molecule has 0 saturated heterocycles. The first-order valence-electron chi connectivity index (χ1n) is 6.88. The Balaban J connectivity index is 2.55. The first kappa shape index (κ1) is 15.0. The molecule has 108 valence electrons. The van der Waals surface area contributed by atoms with Crippen molar-refractivity contribution in [2.24, 2.45) is 0 Å². The van der Waals surface area contributed by atoms with Crippen LogP contribution in [-0.4, -0.2) is 19.4 Å². The Morgan fingerprint density at radius 1 is 1.14 bits per heavy atom. The molecule has 0 spiro atoms. The van der Waals surface area contributed by atoms with Crippen LogP contribution in [0.1, 0.15) is 27.9 Å². The summed E-state index contributed by atoms with van der Waals surface area (Å²) in [6, 6.07) is 13.5. The van der Waals surface area contributed by atoms with Crippen LogP contribution in [0.15, 0.2) is 42.5 Å². The zero-order chi connectivity index (χ0) is 15.2. The minimum absolute atomic E-state index is 0.352. The van der Waals surface area contributed by atoms with Crippen LogP contribution < -0.4 is 0 Å². The van der Waals surface area contributed by atoms with Crippen molar-refractivity contribution >= 4 is 12.3 Å². The van der Waals surface area contributed by atoms with E-state index in [4.69, 9.17) is 4.74 Å². The monoisotopic (exact) mass is 282 g/mol. The Bertz CT molecular complexity index is 659. The summed E-state index contributed by atoms with van der Waals surface area (Å²) >= 11 is 0. The first-order valence-corrected chi connectivity index (χ1v) is 6.88. The minimum atomic E-state index is -0.352. The first-order chi connectivity index (χ1) is 10.2. The van der Waals surface area contributed by atoms with Gasteiger partial charge < -0.3 is 9.53 Å². The molecule has 0 aliphatic rings. The molecular weight excluding hydrogens is 264 g/mol. The average molecular weight is 282 g/mol. The number of aldehydes is 1. The van der Waals surface area contributed by atoms with Crippen LogP contribution in [0.3, 0.4) is 0 Å². The molecule has 0 bridgehead atoms. The fraction of sp³-hybridized carbons (Fsp3) is 0.222. The van der Waals surface area contributed by atoms with Crippen molar-refractivity contribution in [3.8, 4) is 11.1 Å². The van der Waals surface area contributed by atoms with Gasteiger partial charge in [0.15, 0.2) is 0 Å². The predicted octanol–water partition coefficient (Wildman–Crippen LogP) is 3.58. The number of carbonyl (C=O) groups is 2. The molecule has 0 radical (unpaired) electrons. The lowest BCUT2D eigenvalue weighted by Crippen LogP contribution is -2.05. The topological polar surface area (TPSA) is 43.4 Å². The molecular formula is C18H18O3. The van der Waals surface area contributed by atoms with Gasteiger partial charge in [-0.25, -0.2) is 4.79 Å². The minimum Gasteiger partial charge on any atom is -0.465 e. The van der Waals surface area contributed by atoms with E-state index in [1.807, 2.05) is 43.3 Å². The van der Waals surface area contributed by atoms with E-state index in [0.717, 1.165) is 28.5 Å². The molecule has 0 atom stereocenters. The van der Waals surface area contributed by atoms with Crippen molar-refractivity contribution in [2.45, 2.75) is 19.8 Å². The molecule has 0 aromatic heterocycles. The molecule has 0 fully saturated rings. The highest BCUT2D eigenvalue weighted by Gasteiger charge is 2.15. The molecule has 21 heavy (non-hydrogen) atoms. The molecule has 0 aliphatic heterocycles. The quantitative estimate of drug-likeness (QED) is 0.622. The molecule has 2 aromatic carbocycles. The van der Waals surface area contributed by atoms with Gasteiger partial charge in [-0.15, -0.1) is 0 Å². The Morgan fingerprint density at radius 2 is 1.90 bits per heavy atom. The summed E-state index contributed by atoms with van der Waals surface area (Å²) in [5.41, 5.74) is 4.53. The zero-order valence-corrected chi connectivity index (χ0v) is 12.3. The number of esters is 1. The third-order valence-corrected chi connectivity index (χ3v) is 3.48. The lowest BCUT2D eigenvalue weighted by atomic mass is 9.93. The summed E-state index contributed by atoms with van der Waals surface area (Å²) in [6.07, 6.45) is 2.05. The van der Waals surface area contributed by atoms with Gasteiger partial charge in [-0.1, -0.05) is 36.4 Å². The lowest BCUT2D eigenvalue weighted by Gasteiger charge is -2.12. The normalized spacial score (nSPS) is 10.2. The number of benzene rings is 2. The Hall–Kier alpha value is -2.42. The number of hydrogen-bond acceptors (Lipinski definition) is 3. The van der Waals surface area contributed by atoms with Gasteiger partial charge in [0.05, 0.1) is 12.7 Å². The molecule has 0 heterocycles. The van der Waals surface area contributed by atoms with Crippen LogP contribution in [0, 0.1) is 6.92 Å². The van der Waals surface area contributed by atoms with Crippen molar-refractivity contribution in [2.75, 3.05) is 7.11 Å². The lowest BCUT2D eigenvalue weighted by molar-refractivity contribution is -0.107. The van der Waals surface area contributed by atoms with E-state index >= 15 is 0 Å². The van der Waals surface area contributed by atoms with E-state index in [-0.39, 0.29) is 5.97 Å². The van der Waals surface area contributed by atoms with Gasteiger partial charge in [-0.2, -0.15) is 0 Å². The Morgan fingerprint density at radius 3 is 2.57 bits per heavy atom. The van der Waals surface area contributed by atoms with E-state index in [9.17, 15) is 9.59 Å². The molecule has 0 saturated carbocycles. The molecule has 0 aliphatic carbocycles. The SMILES string of the molecule is COC(=O)c1ccc(CCC=O)cc1-c1ccccc1C. The summed E-state index contributed by atoms with van der Waals surface area (Å²) in [4.78, 5) is 22.5. The predicted molar refractivity (Wildman–Crippen MR) is 82.3 cm³/mol. The van der Waals surface area contributed by atoms with Gasteiger partial charge in [0.1, 0.15) is 6.29 Å². The number of ether oxygens (including phenoxy) is 1. The summed E-state index contributed by atoms with van der Waals surface area (Å²) in [7, 11) is 1.38. The van der Waals surface area contributed by atoms with Crippen molar-refractivity contribution in [1.29, 1.82) is 0 Å². The fourth-order valence-corrected chi connectivity index (χ4v) is 2.36. The maximum atomic E-state index is 12.0. The highest BCUT2D eigenvalue weighted by Crippen LogP contribution is 2.28. The molecule has 0 amide bonds. The maximum absolute atomic E-state index is 12.0. The van der Waals surface area contributed by atoms with Crippen LogP contribution >= 0.6 is 0 Å². The number of hydrogen-bond donors (Lipinski definition) is 0. The van der Waals surface area contributed by atoms with Crippen LogP contribution in [0.5, 0.6) is 0 Å². The van der Waals surface area contributed by atoms with E-state index in [1.165, 1.54) is 7.11 Å². The standard InChI is InChI=1S/C18H18O3/c1-13-6-3-4-8-15(13)17-12-14(7-5-11-19)9-10-16(17)18(20)21-2/h3-4,6,8-12H,5,7H2,1-2H3. The molecule has 2 aromatic rings. The molecule has 0 N–H and O–H groups in total. The zero-order valence-electron chi connectivity index (χ0n) is 12.3. The van der Waals surface area contributed by atoms with Crippen LogP contribution in [0.2, 0.25) is 0 Å². The molecule has 3 nitrogen and oxygen atoms in total. The number of aryl methyl sites for hydroxylation is 2. The molecule has 0 unspecified atom stereocenters. The Labute approximate surface area is 124 Å². The third kappa shape index (κ3) is 3.37. The van der Waals surface area contributed by atoms with E-state index in [1.54, 1.807) is 6.07 Å². The van der Waals surface area contributed by atoms with Crippen molar-refractivity contribution < 1.29 is 14.3 Å². The number of rotatable bonds is 5. The van der Waals surface area contributed by atoms with E-state index in [2.05, 4.69) is 0 Å². The van der Waals surface area contributed by atoms with E-state index in [0.29, 0.717) is 18.4 Å². The smallest absolute Gasteiger partial charge is 0.338 e. The van der Waals surface area contributed by atoms with Gasteiger partial charge >= 0.3 is 5.97 Å². The van der Waals surface area contributed by atoms with Crippen LogP contribution in [0.25, 0.3) is 11.1 Å². The molecule has 2 rings (SSSR count). The van der Waals surface area contributed by atoms with Crippen molar-refractivity contribution in [3.63, 3.8) is 0 Å². The maximum Gasteiger partial charge on any atom is 0.338 e. The van der Waals surface area contributed by atoms with Crippen LogP contribution in [0.4, 0.5) is 0 Å². The summed E-state index contributed by atoms with van der Waals surface area (Å²) in [6.45, 7) is 2.01. The van der Waals surface area contributed by atoms with Gasteiger partial charge in [-0.05, 0) is 41.7 Å². The van der Waals surface area contributed by atoms with Gasteiger partial charge in [0.2, 0.25) is 0 Å². The van der Waals surface area contributed by atoms with Crippen molar-refractivity contribution in [1.82, 2.24) is 0 Å². The summed E-state index contributed by atoms with van der Waals surface area (Å²) < 4.78 is 4.86. The third-order valence-electron chi connectivity index (χ3n) is 3.48. The summed E-state index contributed by atoms with van der Waals surface area (Å²) in [5.74, 6) is -0.352. The van der Waals surface area contributed by atoms with E-state index < -0.39 is 0 Å². The number of carbonyl (C=O) groups excluding carboxylic acids is 2.